The molecule has 4 aromatic rings. The van der Waals surface area contributed by atoms with Crippen LogP contribution in [0, 0.1) is 18.6 Å². The molecule has 0 saturated carbocycles. The zero-order valence-electron chi connectivity index (χ0n) is 13.8. The fourth-order valence-electron chi connectivity index (χ4n) is 3.22. The van der Waals surface area contributed by atoms with Crippen LogP contribution in [-0.2, 0) is 6.54 Å². The van der Waals surface area contributed by atoms with Crippen molar-refractivity contribution >= 4 is 23.1 Å². The molecular formula is C20H19N3S. The quantitative estimate of drug-likeness (QED) is 0.515. The number of fused-ring (bicyclic) bond motifs is 1. The van der Waals surface area contributed by atoms with E-state index in [1.807, 2.05) is 12.3 Å². The van der Waals surface area contributed by atoms with Gasteiger partial charge in [-0.25, -0.2) is 0 Å². The van der Waals surface area contributed by atoms with Gasteiger partial charge in [-0.3, -0.25) is 4.57 Å². The number of nitrogens with zero attached hydrogens (tertiary/aromatic N) is 2. The summed E-state index contributed by atoms with van der Waals surface area (Å²) in [5.41, 5.74) is 4.88. The summed E-state index contributed by atoms with van der Waals surface area (Å²) in [4.78, 5) is 3.49. The zero-order chi connectivity index (χ0) is 16.7. The van der Waals surface area contributed by atoms with Crippen LogP contribution in [-0.4, -0.2) is 14.1 Å². The summed E-state index contributed by atoms with van der Waals surface area (Å²) in [6.07, 6.45) is 4.09. The molecule has 0 fully saturated rings. The molecule has 2 heterocycles. The number of aromatic nitrogens is 3. The minimum absolute atomic E-state index is 0.785. The number of rotatable bonds is 3. The molecule has 4 rings (SSSR count). The molecule has 4 heteroatoms. The monoisotopic (exact) mass is 333 g/mol. The van der Waals surface area contributed by atoms with E-state index in [1.54, 1.807) is 0 Å². The lowest BCUT2D eigenvalue weighted by Crippen LogP contribution is -2.02. The predicted molar refractivity (Wildman–Crippen MR) is 101 cm³/mol. The molecule has 24 heavy (non-hydrogen) atoms. The topological polar surface area (TPSA) is 25.6 Å². The van der Waals surface area contributed by atoms with Gasteiger partial charge in [0.2, 0.25) is 0 Å². The van der Waals surface area contributed by atoms with Crippen LogP contribution in [0.2, 0.25) is 0 Å². The highest BCUT2D eigenvalue weighted by molar-refractivity contribution is 7.71. The third-order valence-electron chi connectivity index (χ3n) is 4.46. The van der Waals surface area contributed by atoms with Crippen LogP contribution in [0.5, 0.6) is 0 Å². The molecule has 0 radical (unpaired) electrons. The van der Waals surface area contributed by atoms with E-state index in [1.165, 1.54) is 22.1 Å². The van der Waals surface area contributed by atoms with Gasteiger partial charge >= 0.3 is 0 Å². The number of para-hydroxylation sites is 1. The van der Waals surface area contributed by atoms with Crippen molar-refractivity contribution in [1.82, 2.24) is 14.1 Å². The SMILES string of the molecule is Cc1cccc(Cn2ccn(-c3[nH]c4ccccc4c3C)c2=S)c1. The van der Waals surface area contributed by atoms with Gasteiger partial charge in [0.15, 0.2) is 4.77 Å². The molecule has 0 amide bonds. The average molecular weight is 333 g/mol. The Bertz CT molecular complexity index is 1080. The minimum atomic E-state index is 0.785. The number of aromatic amines is 1. The molecule has 0 aliphatic carbocycles. The van der Waals surface area contributed by atoms with Crippen molar-refractivity contribution in [3.05, 3.63) is 82.4 Å². The lowest BCUT2D eigenvalue weighted by Gasteiger charge is -2.05. The molecule has 120 valence electrons. The summed E-state index contributed by atoms with van der Waals surface area (Å²) in [6.45, 7) is 5.03. The maximum Gasteiger partial charge on any atom is 0.185 e. The molecule has 3 nitrogen and oxygen atoms in total. The number of hydrogen-bond donors (Lipinski definition) is 1. The molecule has 0 aliphatic rings. The van der Waals surface area contributed by atoms with Gasteiger partial charge in [-0.1, -0.05) is 48.0 Å². The molecule has 0 spiro atoms. The Balaban J connectivity index is 1.76. The van der Waals surface area contributed by atoms with Crippen LogP contribution in [0.1, 0.15) is 16.7 Å². The first kappa shape index (κ1) is 15.0. The van der Waals surface area contributed by atoms with Gasteiger partial charge in [-0.2, -0.15) is 0 Å². The summed E-state index contributed by atoms with van der Waals surface area (Å²) in [6, 6.07) is 16.9. The second-order valence-electron chi connectivity index (χ2n) is 6.21. The van der Waals surface area contributed by atoms with Gasteiger partial charge in [-0.05, 0) is 43.3 Å². The van der Waals surface area contributed by atoms with Gasteiger partial charge < -0.3 is 9.55 Å². The van der Waals surface area contributed by atoms with Crippen molar-refractivity contribution in [3.63, 3.8) is 0 Å². The van der Waals surface area contributed by atoms with Crippen molar-refractivity contribution in [3.8, 4) is 5.82 Å². The highest BCUT2D eigenvalue weighted by atomic mass is 32.1. The molecule has 0 saturated heterocycles. The van der Waals surface area contributed by atoms with Crippen molar-refractivity contribution in [2.75, 3.05) is 0 Å². The fraction of sp³-hybridized carbons (Fsp3) is 0.150. The Morgan fingerprint density at radius 2 is 1.83 bits per heavy atom. The molecular weight excluding hydrogens is 314 g/mol. The van der Waals surface area contributed by atoms with E-state index in [-0.39, 0.29) is 0 Å². The van der Waals surface area contributed by atoms with Crippen LogP contribution >= 0.6 is 12.2 Å². The second kappa shape index (κ2) is 5.80. The van der Waals surface area contributed by atoms with E-state index in [2.05, 4.69) is 76.6 Å². The lowest BCUT2D eigenvalue weighted by molar-refractivity contribution is 0.765. The predicted octanol–water partition coefficient (Wildman–Crippen LogP) is 5.15. The number of benzene rings is 2. The van der Waals surface area contributed by atoms with E-state index >= 15 is 0 Å². The number of imidazole rings is 1. The molecule has 2 aromatic heterocycles. The van der Waals surface area contributed by atoms with Crippen LogP contribution in [0.25, 0.3) is 16.7 Å². The van der Waals surface area contributed by atoms with E-state index in [0.29, 0.717) is 0 Å². The maximum atomic E-state index is 5.71. The van der Waals surface area contributed by atoms with Gasteiger partial charge in [-0.15, -0.1) is 0 Å². The van der Waals surface area contributed by atoms with E-state index < -0.39 is 0 Å². The Labute approximate surface area is 146 Å². The van der Waals surface area contributed by atoms with Crippen LogP contribution in [0.4, 0.5) is 0 Å². The van der Waals surface area contributed by atoms with Gasteiger partial charge in [0.25, 0.3) is 0 Å². The Hall–Kier alpha value is -2.59. The average Bonchev–Trinajstić information content (AvgIpc) is 3.09. The van der Waals surface area contributed by atoms with Crippen LogP contribution in [0.15, 0.2) is 60.9 Å². The number of H-pyrrole nitrogens is 1. The normalized spacial score (nSPS) is 11.2. The molecule has 0 unspecified atom stereocenters. The van der Waals surface area contributed by atoms with Crippen molar-refractivity contribution in [2.45, 2.75) is 20.4 Å². The first-order valence-electron chi connectivity index (χ1n) is 8.04. The van der Waals surface area contributed by atoms with Crippen molar-refractivity contribution in [2.24, 2.45) is 0 Å². The Morgan fingerprint density at radius 1 is 1.00 bits per heavy atom. The smallest absolute Gasteiger partial charge is 0.185 e. The Kier molecular flexibility index (Phi) is 3.62. The van der Waals surface area contributed by atoms with Gasteiger partial charge in [0.1, 0.15) is 5.82 Å². The summed E-state index contributed by atoms with van der Waals surface area (Å²) in [5, 5.41) is 1.24. The molecule has 0 aliphatic heterocycles. The van der Waals surface area contributed by atoms with E-state index in [4.69, 9.17) is 12.2 Å². The highest BCUT2D eigenvalue weighted by Gasteiger charge is 2.11. The minimum Gasteiger partial charge on any atom is -0.341 e. The van der Waals surface area contributed by atoms with Crippen LogP contribution < -0.4 is 0 Å². The fourth-order valence-corrected chi connectivity index (χ4v) is 3.50. The third-order valence-corrected chi connectivity index (χ3v) is 4.89. The van der Waals surface area contributed by atoms with Crippen molar-refractivity contribution in [1.29, 1.82) is 0 Å². The number of hydrogen-bond acceptors (Lipinski definition) is 1. The first-order valence-corrected chi connectivity index (χ1v) is 8.45. The summed E-state index contributed by atoms with van der Waals surface area (Å²) >= 11 is 5.71. The van der Waals surface area contributed by atoms with E-state index in [9.17, 15) is 0 Å². The summed E-state index contributed by atoms with van der Waals surface area (Å²) < 4.78 is 4.96. The largest absolute Gasteiger partial charge is 0.341 e. The van der Waals surface area contributed by atoms with Gasteiger partial charge in [0.05, 0.1) is 0 Å². The first-order chi connectivity index (χ1) is 11.6. The molecule has 2 aromatic carbocycles. The maximum absolute atomic E-state index is 5.71. The lowest BCUT2D eigenvalue weighted by atomic mass is 10.1. The highest BCUT2D eigenvalue weighted by Crippen LogP contribution is 2.24. The summed E-state index contributed by atoms with van der Waals surface area (Å²) in [5.74, 6) is 1.05. The summed E-state index contributed by atoms with van der Waals surface area (Å²) in [7, 11) is 0. The third kappa shape index (κ3) is 2.49. The molecule has 0 bridgehead atoms. The Morgan fingerprint density at radius 3 is 2.62 bits per heavy atom. The second-order valence-corrected chi connectivity index (χ2v) is 6.58. The van der Waals surface area contributed by atoms with E-state index in [0.717, 1.165) is 22.7 Å². The standard InChI is InChI=1S/C20H19N3S/c1-14-6-5-7-16(12-14)13-22-10-11-23(20(22)24)19-15(2)17-8-3-4-9-18(17)21-19/h3-12,21H,13H2,1-2H3. The zero-order valence-corrected chi connectivity index (χ0v) is 14.6. The molecule has 1 N–H and O–H groups in total. The molecule has 0 atom stereocenters. The number of aryl methyl sites for hydroxylation is 2. The van der Waals surface area contributed by atoms with Crippen LogP contribution in [0.3, 0.4) is 0 Å². The number of nitrogens with one attached hydrogen (secondary N) is 1. The van der Waals surface area contributed by atoms with Crippen molar-refractivity contribution < 1.29 is 0 Å². The van der Waals surface area contributed by atoms with Gasteiger partial charge in [0, 0.05) is 29.8 Å².